The van der Waals surface area contributed by atoms with Crippen LogP contribution in [-0.4, -0.2) is 75.7 Å². The number of allylic oxidation sites excluding steroid dienone is 1. The predicted octanol–water partition coefficient (Wildman–Crippen LogP) is 8.27. The third-order valence-electron chi connectivity index (χ3n) is 11.4. The Hall–Kier alpha value is -5.13. The molecule has 2 saturated heterocycles. The molecule has 54 heavy (non-hydrogen) atoms. The van der Waals surface area contributed by atoms with Gasteiger partial charge in [0.25, 0.3) is 0 Å². The van der Waals surface area contributed by atoms with E-state index in [9.17, 15) is 14.4 Å². The maximum absolute atomic E-state index is 13.7. The van der Waals surface area contributed by atoms with Gasteiger partial charge in [0.15, 0.2) is 23.0 Å². The first kappa shape index (κ1) is 37.2. The van der Waals surface area contributed by atoms with Gasteiger partial charge in [0.1, 0.15) is 11.9 Å². The fraction of sp³-hybridized carbons (Fsp3) is 0.500. The number of hydrogen-bond acceptors (Lipinski definition) is 8. The number of aliphatic imine (C=N–C) groups is 1. The van der Waals surface area contributed by atoms with Crippen molar-refractivity contribution < 1.29 is 28.6 Å². The summed E-state index contributed by atoms with van der Waals surface area (Å²) >= 11 is 0. The number of piperidine rings is 2. The molecular formula is C42H52N6O6. The summed E-state index contributed by atoms with van der Waals surface area (Å²) in [6.07, 6.45) is 9.42. The monoisotopic (exact) mass is 736 g/mol. The second-order valence-electron chi connectivity index (χ2n) is 15.6. The lowest BCUT2D eigenvalue weighted by molar-refractivity contribution is -0.140. The number of carbonyl (C=O) groups is 3. The number of carbonyl (C=O) groups excluding carboxylic acids is 3. The summed E-state index contributed by atoms with van der Waals surface area (Å²) in [5.41, 5.74) is 4.73. The molecule has 4 atom stereocenters. The highest BCUT2D eigenvalue weighted by Gasteiger charge is 2.38. The molecule has 4 aliphatic heterocycles. The number of ether oxygens (including phenoxy) is 3. The zero-order valence-electron chi connectivity index (χ0n) is 32.2. The van der Waals surface area contributed by atoms with Gasteiger partial charge in [0.05, 0.1) is 31.1 Å². The molecule has 12 nitrogen and oxygen atoms in total. The molecule has 12 heteroatoms. The van der Waals surface area contributed by atoms with Crippen LogP contribution in [0.4, 0.5) is 4.79 Å². The third kappa shape index (κ3) is 7.47. The number of aromatic nitrogens is 2. The number of nitrogens with zero attached hydrogens (tertiary/aromatic N) is 4. The largest absolute Gasteiger partial charge is 0.453 e. The molecular weight excluding hydrogens is 684 g/mol. The molecule has 1 aromatic heterocycles. The van der Waals surface area contributed by atoms with E-state index in [0.29, 0.717) is 36.0 Å². The average Bonchev–Trinajstić information content (AvgIpc) is 3.89. The lowest BCUT2D eigenvalue weighted by atomic mass is 9.91. The molecule has 0 saturated carbocycles. The molecule has 0 bridgehead atoms. The van der Waals surface area contributed by atoms with Crippen LogP contribution in [0.1, 0.15) is 97.0 Å². The predicted molar refractivity (Wildman–Crippen MR) is 206 cm³/mol. The molecule has 2 aromatic carbocycles. The Morgan fingerprint density at radius 3 is 2.09 bits per heavy atom. The van der Waals surface area contributed by atoms with Gasteiger partial charge in [-0.3, -0.25) is 14.6 Å². The topological polar surface area (TPSA) is 138 Å². The maximum atomic E-state index is 13.7. The van der Waals surface area contributed by atoms with Gasteiger partial charge in [0.2, 0.25) is 11.8 Å². The van der Waals surface area contributed by atoms with Crippen molar-refractivity contribution in [2.45, 2.75) is 97.7 Å². The molecule has 5 heterocycles. The summed E-state index contributed by atoms with van der Waals surface area (Å²) < 4.78 is 17.5. The minimum atomic E-state index is -0.677. The number of amides is 3. The summed E-state index contributed by atoms with van der Waals surface area (Å²) in [5, 5.41) is 2.73. The van der Waals surface area contributed by atoms with Crippen molar-refractivity contribution >= 4 is 29.2 Å². The van der Waals surface area contributed by atoms with Crippen LogP contribution in [0.2, 0.25) is 0 Å². The van der Waals surface area contributed by atoms with Crippen LogP contribution in [0.25, 0.3) is 16.8 Å². The molecule has 2 N–H and O–H groups in total. The summed E-state index contributed by atoms with van der Waals surface area (Å²) in [4.78, 5) is 56.1. The maximum Gasteiger partial charge on any atom is 0.407 e. The first-order valence-corrected chi connectivity index (χ1v) is 19.4. The molecule has 286 valence electrons. The molecule has 0 spiro atoms. The van der Waals surface area contributed by atoms with Crippen molar-refractivity contribution in [3.05, 3.63) is 60.2 Å². The number of alkyl carbamates (subject to hydrolysis) is 1. The first-order chi connectivity index (χ1) is 26.0. The standard InChI is InChI=1S/C42H52N6O6/c1-24(2)26(5)40(49)48-18-10-8-12-33(48)39-44-23-31(45-39)28-14-16-35-37(21-28)54-34-15-13-27(20-36(34)53-35)29-19-30(43-22-29)32-11-7-9-17-47(32)41(50)38(25(3)4)46-42(51)52-6/h13-16,20-26,32-33,38H,7-12,17-19H2,1-6H3,(H,44,45)(H,46,51)/t26-,32-,33-,38-/m0/s1. The number of imidazole rings is 1. The minimum Gasteiger partial charge on any atom is -0.453 e. The van der Waals surface area contributed by atoms with E-state index in [1.54, 1.807) is 0 Å². The van der Waals surface area contributed by atoms with Gasteiger partial charge in [-0.05, 0) is 91.8 Å². The fourth-order valence-electron chi connectivity index (χ4n) is 7.88. The van der Waals surface area contributed by atoms with Gasteiger partial charge in [-0.1, -0.05) is 40.7 Å². The number of nitrogens with one attached hydrogen (secondary N) is 2. The van der Waals surface area contributed by atoms with E-state index in [0.717, 1.165) is 79.0 Å². The Kier molecular flexibility index (Phi) is 10.8. The van der Waals surface area contributed by atoms with Gasteiger partial charge < -0.3 is 34.3 Å². The lowest BCUT2D eigenvalue weighted by Gasteiger charge is -2.39. The number of benzene rings is 2. The number of aromatic amines is 1. The minimum absolute atomic E-state index is 0.0379. The molecule has 2 fully saturated rings. The van der Waals surface area contributed by atoms with E-state index >= 15 is 0 Å². The van der Waals surface area contributed by atoms with Crippen LogP contribution in [0, 0.1) is 17.8 Å². The molecule has 0 aliphatic carbocycles. The smallest absolute Gasteiger partial charge is 0.407 e. The number of fused-ring (bicyclic) bond motifs is 2. The number of likely N-dealkylation sites (tertiary alicyclic amines) is 2. The molecule has 7 rings (SSSR count). The Labute approximate surface area is 317 Å². The van der Waals surface area contributed by atoms with Crippen molar-refractivity contribution in [3.8, 4) is 34.3 Å². The van der Waals surface area contributed by atoms with Crippen molar-refractivity contribution in [1.29, 1.82) is 0 Å². The van der Waals surface area contributed by atoms with Crippen molar-refractivity contribution in [1.82, 2.24) is 25.1 Å². The summed E-state index contributed by atoms with van der Waals surface area (Å²) in [6, 6.07) is 10.9. The highest BCUT2D eigenvalue weighted by Crippen LogP contribution is 2.48. The second kappa shape index (κ2) is 15.7. The van der Waals surface area contributed by atoms with Crippen molar-refractivity contribution in [3.63, 3.8) is 0 Å². The van der Waals surface area contributed by atoms with Crippen LogP contribution in [-0.2, 0) is 14.3 Å². The number of hydrogen-bond donors (Lipinski definition) is 2. The van der Waals surface area contributed by atoms with Crippen LogP contribution in [0.3, 0.4) is 0 Å². The molecule has 0 radical (unpaired) electrons. The summed E-state index contributed by atoms with van der Waals surface area (Å²) in [6.45, 7) is 11.4. The first-order valence-electron chi connectivity index (χ1n) is 19.4. The Morgan fingerprint density at radius 2 is 1.44 bits per heavy atom. The molecule has 3 amide bonds. The highest BCUT2D eigenvalue weighted by atomic mass is 16.6. The van der Waals surface area contributed by atoms with Crippen LogP contribution in [0.15, 0.2) is 53.8 Å². The van der Waals surface area contributed by atoms with E-state index < -0.39 is 12.1 Å². The molecule has 3 aromatic rings. The highest BCUT2D eigenvalue weighted by molar-refractivity contribution is 6.03. The molecule has 4 aliphatic rings. The van der Waals surface area contributed by atoms with E-state index in [4.69, 9.17) is 24.2 Å². The summed E-state index contributed by atoms with van der Waals surface area (Å²) in [7, 11) is 1.30. The molecule has 0 unspecified atom stereocenters. The van der Waals surface area contributed by atoms with Crippen molar-refractivity contribution in [2.24, 2.45) is 22.7 Å². The number of methoxy groups -OCH3 is 1. The third-order valence-corrected chi connectivity index (χ3v) is 11.4. The van der Waals surface area contributed by atoms with Crippen LogP contribution in [0.5, 0.6) is 23.0 Å². The zero-order chi connectivity index (χ0) is 38.1. The Morgan fingerprint density at radius 1 is 0.815 bits per heavy atom. The normalized spacial score (nSPS) is 20.6. The Bertz CT molecular complexity index is 1970. The van der Waals surface area contributed by atoms with Gasteiger partial charge in [-0.15, -0.1) is 0 Å². The van der Waals surface area contributed by atoms with E-state index in [1.165, 1.54) is 7.11 Å². The number of rotatable bonds is 9. The average molecular weight is 737 g/mol. The summed E-state index contributed by atoms with van der Waals surface area (Å²) in [5.74, 6) is 3.50. The zero-order valence-corrected chi connectivity index (χ0v) is 32.2. The van der Waals surface area contributed by atoms with Gasteiger partial charge in [-0.2, -0.15) is 0 Å². The van der Waals surface area contributed by atoms with E-state index in [2.05, 4.69) is 24.1 Å². The van der Waals surface area contributed by atoms with Gasteiger partial charge >= 0.3 is 6.09 Å². The van der Waals surface area contributed by atoms with Gasteiger partial charge in [0, 0.05) is 42.9 Å². The SMILES string of the molecule is COC(=O)N[C@H](C(=O)N1CCCC[C@H]1C1=NC=C(c2ccc3c(c2)Oc2ccc(-c4cnc([C@@H]5CCCCN5C(=O)[C@@H](C)C(C)C)[nH]4)cc2O3)C1)C(C)C. The Balaban J connectivity index is 1.02. The quantitative estimate of drug-likeness (QED) is 0.176. The van der Waals surface area contributed by atoms with Crippen LogP contribution < -0.4 is 14.8 Å². The van der Waals surface area contributed by atoms with E-state index in [1.807, 2.05) is 79.4 Å². The van der Waals surface area contributed by atoms with Crippen molar-refractivity contribution in [2.75, 3.05) is 20.2 Å². The van der Waals surface area contributed by atoms with Gasteiger partial charge in [-0.25, -0.2) is 9.78 Å². The van der Waals surface area contributed by atoms with Crippen LogP contribution >= 0.6 is 0 Å². The van der Waals surface area contributed by atoms with E-state index in [-0.39, 0.29) is 41.7 Å². The second-order valence-corrected chi connectivity index (χ2v) is 15.6. The number of H-pyrrole nitrogens is 1. The fourth-order valence-corrected chi connectivity index (χ4v) is 7.88. The lowest BCUT2D eigenvalue weighted by Crippen LogP contribution is -2.56.